The Kier molecular flexibility index (Phi) is 4.24. The van der Waals surface area contributed by atoms with Gasteiger partial charge in [-0.15, -0.1) is 0 Å². The normalized spacial score (nSPS) is 10.9. The average molecular weight is 325 g/mol. The highest BCUT2D eigenvalue weighted by Gasteiger charge is 2.19. The van der Waals surface area contributed by atoms with Crippen molar-refractivity contribution in [3.8, 4) is 0 Å². The van der Waals surface area contributed by atoms with Crippen LogP contribution >= 0.6 is 15.9 Å². The summed E-state index contributed by atoms with van der Waals surface area (Å²) >= 11 is 3.55. The minimum absolute atomic E-state index is 0.0594. The molecule has 2 aromatic rings. The Bertz CT molecular complexity index is 599. The van der Waals surface area contributed by atoms with E-state index in [1.165, 1.54) is 0 Å². The number of aryl methyl sites for hydroxylation is 3. The van der Waals surface area contributed by atoms with Gasteiger partial charge >= 0.3 is 0 Å². The highest BCUT2D eigenvalue weighted by Crippen LogP contribution is 2.24. The molecule has 0 unspecified atom stereocenters. The van der Waals surface area contributed by atoms with Gasteiger partial charge in [-0.2, -0.15) is 5.10 Å². The number of furan rings is 1. The lowest BCUT2D eigenvalue weighted by atomic mass is 10.1. The number of halogens is 1. The standard InChI is InChI=1S/C14H17BrN2O2/c1-4-11-14(15)12(17(5-2)16-11)8-13(18)10-6-7-19-9(10)3/h6-7H,4-5,8H2,1-3H3. The summed E-state index contributed by atoms with van der Waals surface area (Å²) in [6.07, 6.45) is 2.73. The van der Waals surface area contributed by atoms with Crippen LogP contribution in [-0.2, 0) is 19.4 Å². The van der Waals surface area contributed by atoms with E-state index in [1.807, 2.05) is 11.6 Å². The minimum atomic E-state index is 0.0594. The average Bonchev–Trinajstić information content (AvgIpc) is 2.95. The summed E-state index contributed by atoms with van der Waals surface area (Å²) in [4.78, 5) is 12.3. The van der Waals surface area contributed by atoms with Crippen molar-refractivity contribution in [1.82, 2.24) is 9.78 Å². The molecule has 5 heteroatoms. The molecule has 0 N–H and O–H groups in total. The lowest BCUT2D eigenvalue weighted by Gasteiger charge is -2.04. The molecule has 0 aliphatic rings. The zero-order valence-corrected chi connectivity index (χ0v) is 13.0. The Morgan fingerprint density at radius 1 is 1.47 bits per heavy atom. The van der Waals surface area contributed by atoms with Crippen LogP contribution in [0.2, 0.25) is 0 Å². The molecule has 102 valence electrons. The van der Waals surface area contributed by atoms with Crippen molar-refractivity contribution in [1.29, 1.82) is 0 Å². The molecule has 0 spiro atoms. The minimum Gasteiger partial charge on any atom is -0.469 e. The number of aromatic nitrogens is 2. The highest BCUT2D eigenvalue weighted by molar-refractivity contribution is 9.10. The Morgan fingerprint density at radius 3 is 2.74 bits per heavy atom. The van der Waals surface area contributed by atoms with Gasteiger partial charge in [0, 0.05) is 6.54 Å². The van der Waals surface area contributed by atoms with Crippen LogP contribution in [0, 0.1) is 6.92 Å². The Labute approximate surface area is 120 Å². The fourth-order valence-corrected chi connectivity index (χ4v) is 2.81. The first-order valence-corrected chi connectivity index (χ1v) is 7.19. The van der Waals surface area contributed by atoms with E-state index in [2.05, 4.69) is 28.0 Å². The topological polar surface area (TPSA) is 48.0 Å². The smallest absolute Gasteiger partial charge is 0.172 e. The van der Waals surface area contributed by atoms with Crippen LogP contribution in [0.5, 0.6) is 0 Å². The molecule has 0 amide bonds. The van der Waals surface area contributed by atoms with E-state index in [4.69, 9.17) is 4.42 Å². The molecule has 0 atom stereocenters. The summed E-state index contributed by atoms with van der Waals surface area (Å²) in [5.41, 5.74) is 2.58. The van der Waals surface area contributed by atoms with Crippen molar-refractivity contribution in [3.63, 3.8) is 0 Å². The predicted molar refractivity (Wildman–Crippen MR) is 76.5 cm³/mol. The van der Waals surface area contributed by atoms with Crippen LogP contribution in [0.4, 0.5) is 0 Å². The molecule has 4 nitrogen and oxygen atoms in total. The SMILES string of the molecule is CCc1nn(CC)c(CC(=O)c2ccoc2C)c1Br. The molecule has 0 saturated carbocycles. The quantitative estimate of drug-likeness (QED) is 0.790. The van der Waals surface area contributed by atoms with Gasteiger partial charge in [0.2, 0.25) is 0 Å². The summed E-state index contributed by atoms with van der Waals surface area (Å²) in [6, 6.07) is 1.72. The van der Waals surface area contributed by atoms with Gasteiger partial charge < -0.3 is 4.42 Å². The first kappa shape index (κ1) is 14.1. The Morgan fingerprint density at radius 2 is 2.21 bits per heavy atom. The van der Waals surface area contributed by atoms with E-state index in [1.54, 1.807) is 19.3 Å². The fraction of sp³-hybridized carbons (Fsp3) is 0.429. The summed E-state index contributed by atoms with van der Waals surface area (Å²) in [5, 5.41) is 4.50. The Hall–Kier alpha value is -1.36. The van der Waals surface area contributed by atoms with Gasteiger partial charge in [0.25, 0.3) is 0 Å². The zero-order valence-electron chi connectivity index (χ0n) is 11.4. The van der Waals surface area contributed by atoms with Gasteiger partial charge in [-0.25, -0.2) is 0 Å². The highest BCUT2D eigenvalue weighted by atomic mass is 79.9. The van der Waals surface area contributed by atoms with Crippen LogP contribution in [0.3, 0.4) is 0 Å². The Balaban J connectivity index is 2.31. The zero-order chi connectivity index (χ0) is 14.0. The molecule has 0 aromatic carbocycles. The van der Waals surface area contributed by atoms with Gasteiger partial charge in [0.15, 0.2) is 5.78 Å². The maximum Gasteiger partial charge on any atom is 0.172 e. The third-order valence-corrected chi connectivity index (χ3v) is 4.10. The lowest BCUT2D eigenvalue weighted by Crippen LogP contribution is -2.10. The molecule has 0 aliphatic heterocycles. The van der Waals surface area contributed by atoms with Crippen molar-refractivity contribution < 1.29 is 9.21 Å². The van der Waals surface area contributed by atoms with Crippen molar-refractivity contribution in [3.05, 3.63) is 39.5 Å². The summed E-state index contributed by atoms with van der Waals surface area (Å²) < 4.78 is 8.02. The van der Waals surface area contributed by atoms with E-state index >= 15 is 0 Å². The first-order valence-electron chi connectivity index (χ1n) is 6.39. The molecule has 2 rings (SSSR count). The molecular formula is C14H17BrN2O2. The molecule has 0 aliphatic carbocycles. The second kappa shape index (κ2) is 5.74. The molecule has 2 aromatic heterocycles. The van der Waals surface area contributed by atoms with Gasteiger partial charge in [0.1, 0.15) is 5.76 Å². The molecule has 0 saturated heterocycles. The van der Waals surface area contributed by atoms with Gasteiger partial charge in [-0.1, -0.05) is 6.92 Å². The molecule has 0 fully saturated rings. The number of carbonyl (C=O) groups is 1. The van der Waals surface area contributed by atoms with E-state index in [0.29, 0.717) is 17.7 Å². The summed E-state index contributed by atoms with van der Waals surface area (Å²) in [5.74, 6) is 0.726. The number of Topliss-reactive ketones (excluding diaryl/α,β-unsaturated/α-hetero) is 1. The van der Waals surface area contributed by atoms with Gasteiger partial charge in [0.05, 0.1) is 34.1 Å². The van der Waals surface area contributed by atoms with E-state index in [-0.39, 0.29) is 5.78 Å². The summed E-state index contributed by atoms with van der Waals surface area (Å²) in [7, 11) is 0. The fourth-order valence-electron chi connectivity index (χ4n) is 2.11. The number of rotatable bonds is 5. The third kappa shape index (κ3) is 2.66. The number of carbonyl (C=O) groups excluding carboxylic acids is 1. The third-order valence-electron chi connectivity index (χ3n) is 3.18. The van der Waals surface area contributed by atoms with E-state index in [0.717, 1.165) is 28.8 Å². The van der Waals surface area contributed by atoms with Gasteiger partial charge in [-0.05, 0) is 42.3 Å². The monoisotopic (exact) mass is 324 g/mol. The molecule has 2 heterocycles. The van der Waals surface area contributed by atoms with Crippen LogP contribution < -0.4 is 0 Å². The van der Waals surface area contributed by atoms with Crippen molar-refractivity contribution in [2.45, 2.75) is 40.2 Å². The number of ketones is 1. The maximum atomic E-state index is 12.3. The molecule has 0 bridgehead atoms. The predicted octanol–water partition coefficient (Wildman–Crippen LogP) is 3.55. The van der Waals surface area contributed by atoms with Crippen LogP contribution in [0.25, 0.3) is 0 Å². The molecule has 0 radical (unpaired) electrons. The first-order chi connectivity index (χ1) is 9.08. The second-order valence-corrected chi connectivity index (χ2v) is 5.16. The largest absolute Gasteiger partial charge is 0.469 e. The number of hydrogen-bond donors (Lipinski definition) is 0. The van der Waals surface area contributed by atoms with Crippen molar-refractivity contribution in [2.75, 3.05) is 0 Å². The lowest BCUT2D eigenvalue weighted by molar-refractivity contribution is 0.0989. The number of nitrogens with zero attached hydrogens (tertiary/aromatic N) is 2. The summed E-state index contributed by atoms with van der Waals surface area (Å²) in [6.45, 7) is 6.64. The van der Waals surface area contributed by atoms with E-state index < -0.39 is 0 Å². The molecule has 19 heavy (non-hydrogen) atoms. The second-order valence-electron chi connectivity index (χ2n) is 4.37. The van der Waals surface area contributed by atoms with Crippen LogP contribution in [-0.4, -0.2) is 15.6 Å². The van der Waals surface area contributed by atoms with Gasteiger partial charge in [-0.3, -0.25) is 9.48 Å². The van der Waals surface area contributed by atoms with E-state index in [9.17, 15) is 4.79 Å². The van der Waals surface area contributed by atoms with Crippen LogP contribution in [0.15, 0.2) is 21.2 Å². The maximum absolute atomic E-state index is 12.3. The van der Waals surface area contributed by atoms with Crippen molar-refractivity contribution >= 4 is 21.7 Å². The number of hydrogen-bond acceptors (Lipinski definition) is 3. The van der Waals surface area contributed by atoms with Crippen molar-refractivity contribution in [2.24, 2.45) is 0 Å². The molecular weight excluding hydrogens is 308 g/mol. The van der Waals surface area contributed by atoms with Crippen LogP contribution in [0.1, 0.15) is 41.4 Å².